The van der Waals surface area contributed by atoms with Crippen molar-refractivity contribution < 1.29 is 19.2 Å². The summed E-state index contributed by atoms with van der Waals surface area (Å²) in [7, 11) is 5.87. The molecule has 26 heavy (non-hydrogen) atoms. The molecule has 2 aromatic rings. The summed E-state index contributed by atoms with van der Waals surface area (Å²) in [6.07, 6.45) is -0.122. The van der Waals surface area contributed by atoms with Gasteiger partial charge in [0.05, 0.1) is 45.8 Å². The van der Waals surface area contributed by atoms with E-state index in [-0.39, 0.29) is 6.42 Å². The minimum absolute atomic E-state index is 0.122. The molecular formula is C20H26N3O3+. The predicted octanol–water partition coefficient (Wildman–Crippen LogP) is 3.02. The van der Waals surface area contributed by atoms with Crippen LogP contribution in [0.25, 0.3) is 11.1 Å². The molecule has 1 atom stereocenters. The largest absolute Gasteiger partial charge is 0.481 e. The first kappa shape index (κ1) is 19.5. The lowest BCUT2D eigenvalue weighted by Crippen LogP contribution is -2.50. The van der Waals surface area contributed by atoms with Crippen molar-refractivity contribution in [1.82, 2.24) is 5.32 Å². The van der Waals surface area contributed by atoms with E-state index >= 15 is 0 Å². The summed E-state index contributed by atoms with van der Waals surface area (Å²) in [4.78, 5) is 23.5. The molecule has 0 aliphatic heterocycles. The predicted molar refractivity (Wildman–Crippen MR) is 103 cm³/mol. The van der Waals surface area contributed by atoms with Crippen molar-refractivity contribution in [3.05, 3.63) is 54.6 Å². The molecule has 3 N–H and O–H groups in total. The summed E-state index contributed by atoms with van der Waals surface area (Å²) in [6, 6.07) is 16.4. The minimum atomic E-state index is -0.937. The molecule has 0 saturated heterocycles. The van der Waals surface area contributed by atoms with E-state index in [0.29, 0.717) is 16.7 Å². The topological polar surface area (TPSA) is 78.4 Å². The maximum Gasteiger partial charge on any atom is 0.319 e. The van der Waals surface area contributed by atoms with Crippen LogP contribution in [-0.2, 0) is 4.79 Å². The number of benzene rings is 2. The van der Waals surface area contributed by atoms with Gasteiger partial charge in [-0.15, -0.1) is 0 Å². The zero-order valence-electron chi connectivity index (χ0n) is 15.4. The monoisotopic (exact) mass is 356 g/mol. The van der Waals surface area contributed by atoms with Gasteiger partial charge in [0, 0.05) is 5.56 Å². The van der Waals surface area contributed by atoms with Gasteiger partial charge in [-0.25, -0.2) is 4.79 Å². The number of nitrogens with one attached hydrogen (secondary N) is 2. The zero-order valence-corrected chi connectivity index (χ0v) is 15.4. The van der Waals surface area contributed by atoms with E-state index in [4.69, 9.17) is 5.11 Å². The van der Waals surface area contributed by atoms with Gasteiger partial charge in [-0.3, -0.25) is 4.79 Å². The molecule has 138 valence electrons. The highest BCUT2D eigenvalue weighted by Crippen LogP contribution is 2.27. The van der Waals surface area contributed by atoms with Gasteiger partial charge >= 0.3 is 12.0 Å². The van der Waals surface area contributed by atoms with E-state index < -0.39 is 18.0 Å². The summed E-state index contributed by atoms with van der Waals surface area (Å²) in [5.74, 6) is -0.937. The van der Waals surface area contributed by atoms with E-state index in [2.05, 4.69) is 10.6 Å². The third kappa shape index (κ3) is 6.22. The highest BCUT2D eigenvalue weighted by atomic mass is 16.4. The summed E-state index contributed by atoms with van der Waals surface area (Å²) in [6.45, 7) is 0.514. The Labute approximate surface area is 154 Å². The second kappa shape index (κ2) is 8.49. The van der Waals surface area contributed by atoms with Gasteiger partial charge in [-0.05, 0) is 11.6 Å². The quantitative estimate of drug-likeness (QED) is 0.667. The Morgan fingerprint density at radius 2 is 1.62 bits per heavy atom. The van der Waals surface area contributed by atoms with Crippen LogP contribution in [0.5, 0.6) is 0 Å². The third-order valence-corrected chi connectivity index (χ3v) is 3.78. The number of carbonyl (C=O) groups excluding carboxylic acids is 1. The maximum atomic E-state index is 12.5. The Morgan fingerprint density at radius 3 is 2.23 bits per heavy atom. The molecule has 2 rings (SSSR count). The summed E-state index contributed by atoms with van der Waals surface area (Å²) in [5.41, 5.74) is 2.58. The van der Waals surface area contributed by atoms with Gasteiger partial charge < -0.3 is 20.2 Å². The third-order valence-electron chi connectivity index (χ3n) is 3.78. The van der Waals surface area contributed by atoms with Crippen molar-refractivity contribution >= 4 is 17.7 Å². The van der Waals surface area contributed by atoms with E-state index in [9.17, 15) is 9.59 Å². The number of hydrogen-bond acceptors (Lipinski definition) is 2. The number of nitrogens with zero attached hydrogens (tertiary/aromatic N) is 1. The molecule has 0 unspecified atom stereocenters. The van der Waals surface area contributed by atoms with Crippen molar-refractivity contribution in [2.75, 3.05) is 33.0 Å². The Morgan fingerprint density at radius 1 is 1.00 bits per heavy atom. The van der Waals surface area contributed by atoms with Crippen molar-refractivity contribution in [3.8, 4) is 11.1 Å². The number of rotatable bonds is 7. The van der Waals surface area contributed by atoms with Crippen molar-refractivity contribution in [3.63, 3.8) is 0 Å². The van der Waals surface area contributed by atoms with Crippen molar-refractivity contribution in [2.24, 2.45) is 0 Å². The average Bonchev–Trinajstić information content (AvgIpc) is 2.53. The number of likely N-dealkylation sites (N-methyl/N-ethyl adjacent to an activating group) is 1. The van der Waals surface area contributed by atoms with E-state index in [1.54, 1.807) is 0 Å². The van der Waals surface area contributed by atoms with Gasteiger partial charge in [0.25, 0.3) is 0 Å². The molecule has 0 aromatic heterocycles. The number of amides is 2. The molecule has 2 amide bonds. The highest BCUT2D eigenvalue weighted by molar-refractivity contribution is 5.94. The van der Waals surface area contributed by atoms with Crippen LogP contribution in [0.1, 0.15) is 6.42 Å². The summed E-state index contributed by atoms with van der Waals surface area (Å²) < 4.78 is 0.554. The molecule has 2 aromatic carbocycles. The fraction of sp³-hybridized carbons (Fsp3) is 0.300. The van der Waals surface area contributed by atoms with Crippen LogP contribution in [0.15, 0.2) is 54.6 Å². The number of quaternary nitrogens is 1. The standard InChI is InChI=1S/C20H25N3O3/c1-23(2,3)14-16(13-19(24)25)21-20(26)22-18-12-8-7-11-17(18)15-9-5-4-6-10-15/h4-12,16H,13-14H2,1-3H3,(H2-,21,22,24,25,26)/p+1/t16-/m1/s1. The second-order valence-electron chi connectivity index (χ2n) is 7.28. The van der Waals surface area contributed by atoms with Crippen LogP contribution in [0.4, 0.5) is 10.5 Å². The lowest BCUT2D eigenvalue weighted by atomic mass is 10.0. The Hall–Kier alpha value is -2.86. The number of carboxylic acid groups (broad SMARTS) is 1. The number of anilines is 1. The first-order valence-electron chi connectivity index (χ1n) is 8.49. The van der Waals surface area contributed by atoms with Crippen LogP contribution in [0.2, 0.25) is 0 Å². The second-order valence-corrected chi connectivity index (χ2v) is 7.28. The highest BCUT2D eigenvalue weighted by Gasteiger charge is 2.23. The maximum absolute atomic E-state index is 12.5. The molecule has 0 saturated carbocycles. The zero-order chi connectivity index (χ0) is 19.2. The van der Waals surface area contributed by atoms with Crippen LogP contribution < -0.4 is 10.6 Å². The molecule has 6 nitrogen and oxygen atoms in total. The number of carbonyl (C=O) groups is 2. The van der Waals surface area contributed by atoms with Gasteiger partial charge in [-0.1, -0.05) is 48.5 Å². The SMILES string of the molecule is C[N+](C)(C)C[C@@H](CC(=O)O)NC(=O)Nc1ccccc1-c1ccccc1. The molecule has 0 bridgehead atoms. The van der Waals surface area contributed by atoms with Crippen molar-refractivity contribution in [2.45, 2.75) is 12.5 Å². The molecule has 6 heteroatoms. The Balaban J connectivity index is 2.13. The average molecular weight is 356 g/mol. The first-order chi connectivity index (χ1) is 12.2. The molecule has 0 fully saturated rings. The molecule has 0 heterocycles. The molecule has 0 radical (unpaired) electrons. The van der Waals surface area contributed by atoms with Gasteiger partial charge in [0.2, 0.25) is 0 Å². The number of para-hydroxylation sites is 1. The fourth-order valence-corrected chi connectivity index (χ4v) is 2.84. The number of aliphatic carboxylic acids is 1. The van der Waals surface area contributed by atoms with Gasteiger partial charge in [0.1, 0.15) is 0 Å². The van der Waals surface area contributed by atoms with Crippen LogP contribution in [0, 0.1) is 0 Å². The number of carboxylic acids is 1. The summed E-state index contributed by atoms with van der Waals surface area (Å²) in [5, 5.41) is 14.7. The van der Waals surface area contributed by atoms with Crippen LogP contribution in [0.3, 0.4) is 0 Å². The number of hydrogen-bond donors (Lipinski definition) is 3. The molecule has 0 spiro atoms. The Kier molecular flexibility index (Phi) is 6.36. The van der Waals surface area contributed by atoms with Gasteiger partial charge in [-0.2, -0.15) is 0 Å². The lowest BCUT2D eigenvalue weighted by Gasteiger charge is -2.29. The van der Waals surface area contributed by atoms with E-state index in [1.165, 1.54) is 0 Å². The van der Waals surface area contributed by atoms with E-state index in [1.807, 2.05) is 75.7 Å². The minimum Gasteiger partial charge on any atom is -0.481 e. The van der Waals surface area contributed by atoms with Gasteiger partial charge in [0.15, 0.2) is 0 Å². The summed E-state index contributed by atoms with van der Waals surface area (Å²) >= 11 is 0. The smallest absolute Gasteiger partial charge is 0.319 e. The molecule has 0 aliphatic carbocycles. The van der Waals surface area contributed by atoms with E-state index in [0.717, 1.165) is 11.1 Å². The molecular weight excluding hydrogens is 330 g/mol. The molecule has 0 aliphatic rings. The Bertz CT molecular complexity index is 754. The normalized spacial score (nSPS) is 12.3. The van der Waals surface area contributed by atoms with Crippen molar-refractivity contribution in [1.29, 1.82) is 0 Å². The van der Waals surface area contributed by atoms with Crippen LogP contribution in [-0.4, -0.2) is 55.3 Å². The lowest BCUT2D eigenvalue weighted by molar-refractivity contribution is -0.871. The first-order valence-corrected chi connectivity index (χ1v) is 8.49. The van der Waals surface area contributed by atoms with Crippen LogP contribution >= 0.6 is 0 Å². The number of urea groups is 1. The fourth-order valence-electron chi connectivity index (χ4n) is 2.84.